The molecule has 0 bridgehead atoms. The Morgan fingerprint density at radius 2 is 1.32 bits per heavy atom. The second kappa shape index (κ2) is 7.97. The van der Waals surface area contributed by atoms with Crippen LogP contribution in [-0.2, 0) is 10.4 Å². The summed E-state index contributed by atoms with van der Waals surface area (Å²) in [6.07, 6.45) is 3.75. The van der Waals surface area contributed by atoms with E-state index in [9.17, 15) is 25.2 Å². The maximum Gasteiger partial charge on any atom is 0.182 e. The molecule has 5 heteroatoms. The summed E-state index contributed by atoms with van der Waals surface area (Å²) in [5.74, 6) is -1.16. The molecule has 0 spiro atoms. The molecule has 0 amide bonds. The predicted molar refractivity (Wildman–Crippen MR) is 117 cm³/mol. The van der Waals surface area contributed by atoms with Crippen LogP contribution in [-0.4, -0.2) is 26.2 Å². The largest absolute Gasteiger partial charge is 0.508 e. The van der Waals surface area contributed by atoms with Gasteiger partial charge in [0.25, 0.3) is 0 Å². The first-order chi connectivity index (χ1) is 14.9. The molecule has 0 aromatic heterocycles. The van der Waals surface area contributed by atoms with Gasteiger partial charge >= 0.3 is 0 Å². The van der Waals surface area contributed by atoms with Crippen LogP contribution in [0.1, 0.15) is 16.7 Å². The van der Waals surface area contributed by atoms with Crippen LogP contribution < -0.4 is 0 Å². The minimum Gasteiger partial charge on any atom is -0.508 e. The highest BCUT2D eigenvalue weighted by Crippen LogP contribution is 2.48. The van der Waals surface area contributed by atoms with Crippen molar-refractivity contribution in [2.75, 3.05) is 0 Å². The lowest BCUT2D eigenvalue weighted by Crippen LogP contribution is -2.30. The standard InChI is InChI=1S/C26H20O5/c27-19-11-13-21(23(29)15-19)25(22-14-12-20(28)16-24(22)30)26(31,17-7-3-1-4-8-17)18-9-5-2-6-10-18/h1-16,27,29-31H/b25-22-. The van der Waals surface area contributed by atoms with Crippen LogP contribution in [0.2, 0.25) is 0 Å². The Bertz CT molecular complexity index is 1180. The summed E-state index contributed by atoms with van der Waals surface area (Å²) >= 11 is 0. The highest BCUT2D eigenvalue weighted by molar-refractivity contribution is 6.03. The monoisotopic (exact) mass is 412 g/mol. The molecule has 1 aliphatic carbocycles. The summed E-state index contributed by atoms with van der Waals surface area (Å²) in [7, 11) is 0. The summed E-state index contributed by atoms with van der Waals surface area (Å²) in [6, 6.07) is 21.7. The number of allylic oxidation sites excluding steroid dienone is 3. The molecule has 1 aliphatic rings. The minimum atomic E-state index is -1.81. The summed E-state index contributed by atoms with van der Waals surface area (Å²) in [5, 5.41) is 43.5. The van der Waals surface area contributed by atoms with Crippen molar-refractivity contribution in [3.63, 3.8) is 0 Å². The molecule has 3 aromatic rings. The number of phenols is 2. The van der Waals surface area contributed by atoms with Gasteiger partial charge in [-0.3, -0.25) is 4.79 Å². The fraction of sp³-hybridized carbons (Fsp3) is 0.0385. The summed E-state index contributed by atoms with van der Waals surface area (Å²) < 4.78 is 0. The number of phenolic OH excluding ortho intramolecular Hbond substituents is 2. The van der Waals surface area contributed by atoms with Gasteiger partial charge in [0.15, 0.2) is 5.78 Å². The van der Waals surface area contributed by atoms with Gasteiger partial charge in [-0.05, 0) is 35.4 Å². The van der Waals surface area contributed by atoms with E-state index in [1.165, 1.54) is 24.3 Å². The van der Waals surface area contributed by atoms with Crippen molar-refractivity contribution in [2.45, 2.75) is 5.60 Å². The topological polar surface area (TPSA) is 98.0 Å². The van der Waals surface area contributed by atoms with Gasteiger partial charge in [0.2, 0.25) is 0 Å². The third-order valence-electron chi connectivity index (χ3n) is 5.23. The van der Waals surface area contributed by atoms with E-state index in [-0.39, 0.29) is 34.0 Å². The number of ketones is 1. The smallest absolute Gasteiger partial charge is 0.182 e. The molecule has 0 aliphatic heterocycles. The molecule has 3 aromatic carbocycles. The molecule has 31 heavy (non-hydrogen) atoms. The first-order valence-corrected chi connectivity index (χ1v) is 9.65. The predicted octanol–water partition coefficient (Wildman–Crippen LogP) is 4.37. The van der Waals surface area contributed by atoms with E-state index in [4.69, 9.17) is 0 Å². The van der Waals surface area contributed by atoms with Crippen LogP contribution in [0.15, 0.2) is 108 Å². The van der Waals surface area contributed by atoms with Crippen LogP contribution in [0.4, 0.5) is 0 Å². The molecule has 0 fully saturated rings. The van der Waals surface area contributed by atoms with Crippen LogP contribution >= 0.6 is 0 Å². The van der Waals surface area contributed by atoms with Gasteiger partial charge in [-0.2, -0.15) is 0 Å². The lowest BCUT2D eigenvalue weighted by Gasteiger charge is -2.34. The van der Waals surface area contributed by atoms with E-state index in [2.05, 4.69) is 0 Å². The molecule has 0 saturated heterocycles. The van der Waals surface area contributed by atoms with Crippen molar-refractivity contribution in [1.82, 2.24) is 0 Å². The van der Waals surface area contributed by atoms with Crippen molar-refractivity contribution in [3.05, 3.63) is 125 Å². The number of carbonyl (C=O) groups is 1. The average molecular weight is 412 g/mol. The number of hydrogen-bond donors (Lipinski definition) is 4. The van der Waals surface area contributed by atoms with E-state index in [1.807, 2.05) is 12.1 Å². The summed E-state index contributed by atoms with van der Waals surface area (Å²) in [6.45, 7) is 0. The summed E-state index contributed by atoms with van der Waals surface area (Å²) in [4.78, 5) is 11.8. The lowest BCUT2D eigenvalue weighted by molar-refractivity contribution is -0.110. The highest BCUT2D eigenvalue weighted by atomic mass is 16.3. The van der Waals surface area contributed by atoms with Crippen LogP contribution in [0.5, 0.6) is 11.5 Å². The zero-order valence-corrected chi connectivity index (χ0v) is 16.4. The second-order valence-electron chi connectivity index (χ2n) is 7.20. The Morgan fingerprint density at radius 3 is 1.84 bits per heavy atom. The van der Waals surface area contributed by atoms with E-state index in [0.717, 1.165) is 12.1 Å². The second-order valence-corrected chi connectivity index (χ2v) is 7.20. The van der Waals surface area contributed by atoms with Crippen molar-refractivity contribution in [3.8, 4) is 11.5 Å². The Kier molecular flexibility index (Phi) is 5.19. The molecular weight excluding hydrogens is 392 g/mol. The van der Waals surface area contributed by atoms with Crippen molar-refractivity contribution >= 4 is 11.4 Å². The fourth-order valence-corrected chi connectivity index (χ4v) is 3.80. The van der Waals surface area contributed by atoms with Crippen LogP contribution in [0.25, 0.3) is 5.57 Å². The first kappa shape index (κ1) is 20.2. The Labute approximate surface area is 179 Å². The van der Waals surface area contributed by atoms with Crippen molar-refractivity contribution < 1.29 is 25.2 Å². The normalized spacial score (nSPS) is 15.5. The van der Waals surface area contributed by atoms with Gasteiger partial charge in [0.1, 0.15) is 22.9 Å². The van der Waals surface area contributed by atoms with Crippen LogP contribution in [0, 0.1) is 0 Å². The van der Waals surface area contributed by atoms with Gasteiger partial charge in [-0.15, -0.1) is 0 Å². The number of benzene rings is 3. The zero-order valence-electron chi connectivity index (χ0n) is 16.4. The number of hydrogen-bond acceptors (Lipinski definition) is 5. The maximum absolute atomic E-state index is 12.3. The molecule has 4 rings (SSSR count). The van der Waals surface area contributed by atoms with E-state index in [1.54, 1.807) is 48.5 Å². The lowest BCUT2D eigenvalue weighted by atomic mass is 9.74. The quantitative estimate of drug-likeness (QED) is 0.510. The van der Waals surface area contributed by atoms with Crippen LogP contribution in [0.3, 0.4) is 0 Å². The first-order valence-electron chi connectivity index (χ1n) is 9.65. The average Bonchev–Trinajstić information content (AvgIpc) is 2.77. The Balaban J connectivity index is 2.14. The molecule has 0 unspecified atom stereocenters. The number of rotatable bonds is 4. The van der Waals surface area contributed by atoms with Crippen molar-refractivity contribution in [1.29, 1.82) is 0 Å². The maximum atomic E-state index is 12.3. The van der Waals surface area contributed by atoms with Gasteiger partial charge < -0.3 is 20.4 Å². The SMILES string of the molecule is O=C1C=C/C(=C(\c2ccc(O)cc2O)C(O)(c2ccccc2)c2ccccc2)C(O)=C1. The highest BCUT2D eigenvalue weighted by Gasteiger charge is 2.40. The van der Waals surface area contributed by atoms with Gasteiger partial charge in [-0.25, -0.2) is 0 Å². The van der Waals surface area contributed by atoms with Gasteiger partial charge in [0, 0.05) is 28.9 Å². The molecule has 0 radical (unpaired) electrons. The fourth-order valence-electron chi connectivity index (χ4n) is 3.80. The molecule has 0 heterocycles. The molecule has 4 N–H and O–H groups in total. The Hall–Kier alpha value is -4.09. The van der Waals surface area contributed by atoms with E-state index >= 15 is 0 Å². The number of carbonyl (C=O) groups excluding carboxylic acids is 1. The van der Waals surface area contributed by atoms with Gasteiger partial charge in [-0.1, -0.05) is 60.7 Å². The molecular formula is C26H20O5. The molecule has 154 valence electrons. The number of aliphatic hydroxyl groups excluding tert-OH is 1. The van der Waals surface area contributed by atoms with E-state index in [0.29, 0.717) is 11.1 Å². The van der Waals surface area contributed by atoms with Gasteiger partial charge in [0.05, 0.1) is 0 Å². The molecule has 5 nitrogen and oxygen atoms in total. The molecule has 0 atom stereocenters. The summed E-state index contributed by atoms with van der Waals surface area (Å²) in [5.41, 5.74) is -0.278. The zero-order chi connectivity index (χ0) is 22.0. The third-order valence-corrected chi connectivity index (χ3v) is 5.23. The van der Waals surface area contributed by atoms with Crippen molar-refractivity contribution in [2.24, 2.45) is 0 Å². The number of aromatic hydroxyl groups is 2. The minimum absolute atomic E-state index is 0.150. The molecule has 0 saturated carbocycles. The number of aliphatic hydroxyl groups is 2. The third kappa shape index (κ3) is 3.63. The van der Waals surface area contributed by atoms with E-state index < -0.39 is 11.4 Å². The Morgan fingerprint density at radius 1 is 0.742 bits per heavy atom.